The number of carbonyl (C=O) groups is 3. The highest BCUT2D eigenvalue weighted by molar-refractivity contribution is 5.92. The molecule has 0 radical (unpaired) electrons. The predicted octanol–water partition coefficient (Wildman–Crippen LogP) is 2.67. The van der Waals surface area contributed by atoms with Crippen molar-refractivity contribution in [2.45, 2.75) is 39.0 Å². The first-order chi connectivity index (χ1) is 13.5. The Hall–Kier alpha value is -3.15. The molecule has 0 bridgehead atoms. The molecule has 28 heavy (non-hydrogen) atoms. The fourth-order valence-corrected chi connectivity index (χ4v) is 3.10. The van der Waals surface area contributed by atoms with E-state index in [0.717, 1.165) is 24.1 Å². The lowest BCUT2D eigenvalue weighted by Crippen LogP contribution is -2.35. The van der Waals surface area contributed by atoms with Crippen molar-refractivity contribution in [3.8, 4) is 0 Å². The summed E-state index contributed by atoms with van der Waals surface area (Å²) in [5.41, 5.74) is 2.20. The molecule has 2 aromatic carbocycles. The smallest absolute Gasteiger partial charge is 0.338 e. The monoisotopic (exact) mass is 380 g/mol. The van der Waals surface area contributed by atoms with E-state index in [0.29, 0.717) is 25.1 Å². The second kappa shape index (κ2) is 9.17. The Balaban J connectivity index is 1.54. The maximum absolute atomic E-state index is 12.4. The minimum atomic E-state index is -0.903. The second-order valence-electron chi connectivity index (χ2n) is 6.87. The fourth-order valence-electron chi connectivity index (χ4n) is 3.10. The first-order valence-corrected chi connectivity index (χ1v) is 9.42. The van der Waals surface area contributed by atoms with Crippen LogP contribution in [-0.4, -0.2) is 35.3 Å². The van der Waals surface area contributed by atoms with Gasteiger partial charge >= 0.3 is 5.97 Å². The van der Waals surface area contributed by atoms with Gasteiger partial charge < -0.3 is 15.0 Å². The first-order valence-electron chi connectivity index (χ1n) is 9.42. The Kier molecular flexibility index (Phi) is 6.42. The number of likely N-dealkylation sites (tertiary alicyclic amines) is 1. The Labute approximate surface area is 164 Å². The minimum absolute atomic E-state index is 0.136. The van der Waals surface area contributed by atoms with Gasteiger partial charge in [0, 0.05) is 26.1 Å². The van der Waals surface area contributed by atoms with Crippen molar-refractivity contribution in [2.75, 3.05) is 6.54 Å². The molecule has 1 fully saturated rings. The number of amides is 2. The normalized spacial score (nSPS) is 14.6. The van der Waals surface area contributed by atoms with Crippen LogP contribution < -0.4 is 5.32 Å². The number of rotatable bonds is 7. The van der Waals surface area contributed by atoms with Crippen LogP contribution in [0, 0.1) is 0 Å². The van der Waals surface area contributed by atoms with Crippen LogP contribution in [0.5, 0.6) is 0 Å². The molecule has 0 spiro atoms. The molecule has 6 nitrogen and oxygen atoms in total. The molecular formula is C22H24N2O4. The second-order valence-corrected chi connectivity index (χ2v) is 6.87. The van der Waals surface area contributed by atoms with Crippen LogP contribution in [0.15, 0.2) is 54.6 Å². The summed E-state index contributed by atoms with van der Waals surface area (Å²) >= 11 is 0. The van der Waals surface area contributed by atoms with Gasteiger partial charge in [-0.3, -0.25) is 9.59 Å². The SMILES string of the molecule is CC(OC(=O)c1cccc(CN2CCCC2=O)c1)C(=O)NCc1ccccc1. The summed E-state index contributed by atoms with van der Waals surface area (Å²) in [7, 11) is 0. The Morgan fingerprint density at radius 1 is 1.11 bits per heavy atom. The van der Waals surface area contributed by atoms with Crippen molar-refractivity contribution in [1.82, 2.24) is 10.2 Å². The number of hydrogen-bond donors (Lipinski definition) is 1. The summed E-state index contributed by atoms with van der Waals surface area (Å²) in [5.74, 6) is -0.773. The molecule has 146 valence electrons. The van der Waals surface area contributed by atoms with E-state index in [9.17, 15) is 14.4 Å². The van der Waals surface area contributed by atoms with Gasteiger partial charge in [0.2, 0.25) is 5.91 Å². The van der Waals surface area contributed by atoms with Crippen LogP contribution in [0.1, 0.15) is 41.3 Å². The molecule has 1 heterocycles. The van der Waals surface area contributed by atoms with Crippen molar-refractivity contribution >= 4 is 17.8 Å². The molecule has 3 rings (SSSR count). The summed E-state index contributed by atoms with van der Waals surface area (Å²) in [4.78, 5) is 38.1. The van der Waals surface area contributed by atoms with Crippen LogP contribution in [0.3, 0.4) is 0 Å². The summed E-state index contributed by atoms with van der Waals surface area (Å²) in [5, 5.41) is 2.76. The number of nitrogens with zero attached hydrogens (tertiary/aromatic N) is 1. The number of hydrogen-bond acceptors (Lipinski definition) is 4. The standard InChI is InChI=1S/C22H24N2O4/c1-16(21(26)23-14-17-7-3-2-4-8-17)28-22(27)19-10-5-9-18(13-19)15-24-12-6-11-20(24)25/h2-5,7-10,13,16H,6,11-12,14-15H2,1H3,(H,23,26). The molecule has 0 aromatic heterocycles. The highest BCUT2D eigenvalue weighted by atomic mass is 16.5. The number of esters is 1. The van der Waals surface area contributed by atoms with Gasteiger partial charge in [0.05, 0.1) is 5.56 Å². The maximum atomic E-state index is 12.4. The summed E-state index contributed by atoms with van der Waals surface area (Å²) in [6, 6.07) is 16.5. The number of carbonyl (C=O) groups excluding carboxylic acids is 3. The van der Waals surface area contributed by atoms with E-state index in [1.54, 1.807) is 30.0 Å². The number of benzene rings is 2. The molecule has 0 saturated carbocycles. The zero-order valence-corrected chi connectivity index (χ0v) is 15.9. The average Bonchev–Trinajstić information content (AvgIpc) is 3.11. The van der Waals surface area contributed by atoms with Gasteiger partial charge in [-0.05, 0) is 36.6 Å². The Bertz CT molecular complexity index is 851. The molecule has 0 aliphatic carbocycles. The lowest BCUT2D eigenvalue weighted by molar-refractivity contribution is -0.129. The third kappa shape index (κ3) is 5.19. The summed E-state index contributed by atoms with van der Waals surface area (Å²) in [6.45, 7) is 3.14. The van der Waals surface area contributed by atoms with Crippen molar-refractivity contribution in [1.29, 1.82) is 0 Å². The molecule has 2 aromatic rings. The van der Waals surface area contributed by atoms with Crippen LogP contribution in [0.4, 0.5) is 0 Å². The molecule has 1 aliphatic rings. The van der Waals surface area contributed by atoms with Gasteiger partial charge in [-0.1, -0.05) is 42.5 Å². The molecular weight excluding hydrogens is 356 g/mol. The van der Waals surface area contributed by atoms with Crippen LogP contribution >= 0.6 is 0 Å². The van der Waals surface area contributed by atoms with Crippen molar-refractivity contribution in [2.24, 2.45) is 0 Å². The van der Waals surface area contributed by atoms with E-state index in [2.05, 4.69) is 5.32 Å². The lowest BCUT2D eigenvalue weighted by atomic mass is 10.1. The highest BCUT2D eigenvalue weighted by Gasteiger charge is 2.21. The largest absolute Gasteiger partial charge is 0.449 e. The van der Waals surface area contributed by atoms with Crippen molar-refractivity contribution in [3.63, 3.8) is 0 Å². The minimum Gasteiger partial charge on any atom is -0.449 e. The fraction of sp³-hybridized carbons (Fsp3) is 0.318. The zero-order chi connectivity index (χ0) is 19.9. The molecule has 6 heteroatoms. The van der Waals surface area contributed by atoms with Crippen LogP contribution in [-0.2, 0) is 27.4 Å². The molecule has 2 amide bonds. The molecule has 1 saturated heterocycles. The molecule has 1 aliphatic heterocycles. The Morgan fingerprint density at radius 3 is 2.57 bits per heavy atom. The van der Waals surface area contributed by atoms with E-state index in [1.807, 2.05) is 36.4 Å². The van der Waals surface area contributed by atoms with E-state index in [1.165, 1.54) is 0 Å². The van der Waals surface area contributed by atoms with E-state index < -0.39 is 12.1 Å². The number of nitrogens with one attached hydrogen (secondary N) is 1. The van der Waals surface area contributed by atoms with Gasteiger partial charge in [-0.15, -0.1) is 0 Å². The third-order valence-electron chi connectivity index (χ3n) is 4.67. The summed E-state index contributed by atoms with van der Waals surface area (Å²) in [6.07, 6.45) is 0.549. The highest BCUT2D eigenvalue weighted by Crippen LogP contribution is 2.16. The Morgan fingerprint density at radius 2 is 1.86 bits per heavy atom. The van der Waals surface area contributed by atoms with Crippen molar-refractivity contribution in [3.05, 3.63) is 71.3 Å². The molecule has 1 atom stereocenters. The van der Waals surface area contributed by atoms with Gasteiger partial charge in [0.15, 0.2) is 6.10 Å². The van der Waals surface area contributed by atoms with Gasteiger partial charge in [0.1, 0.15) is 0 Å². The van der Waals surface area contributed by atoms with Gasteiger partial charge in [-0.25, -0.2) is 4.79 Å². The maximum Gasteiger partial charge on any atom is 0.338 e. The van der Waals surface area contributed by atoms with Crippen LogP contribution in [0.25, 0.3) is 0 Å². The molecule has 1 unspecified atom stereocenters. The summed E-state index contributed by atoms with van der Waals surface area (Å²) < 4.78 is 5.30. The predicted molar refractivity (Wildman–Crippen MR) is 104 cm³/mol. The van der Waals surface area contributed by atoms with E-state index in [-0.39, 0.29) is 11.8 Å². The third-order valence-corrected chi connectivity index (χ3v) is 4.67. The van der Waals surface area contributed by atoms with E-state index >= 15 is 0 Å². The van der Waals surface area contributed by atoms with E-state index in [4.69, 9.17) is 4.74 Å². The number of ether oxygens (including phenoxy) is 1. The topological polar surface area (TPSA) is 75.7 Å². The molecule has 1 N–H and O–H groups in total. The average molecular weight is 380 g/mol. The quantitative estimate of drug-likeness (QED) is 0.750. The van der Waals surface area contributed by atoms with Crippen LogP contribution in [0.2, 0.25) is 0 Å². The van der Waals surface area contributed by atoms with Crippen molar-refractivity contribution < 1.29 is 19.1 Å². The first kappa shape index (κ1) is 19.6. The lowest BCUT2D eigenvalue weighted by Gasteiger charge is -2.16. The van der Waals surface area contributed by atoms with Gasteiger partial charge in [0.25, 0.3) is 5.91 Å². The zero-order valence-electron chi connectivity index (χ0n) is 15.9. The van der Waals surface area contributed by atoms with Gasteiger partial charge in [-0.2, -0.15) is 0 Å².